The fourth-order valence-corrected chi connectivity index (χ4v) is 6.11. The average molecular weight is 529 g/mol. The Balaban J connectivity index is 1.39. The smallest absolute Gasteiger partial charge is 0.409 e. The van der Waals surface area contributed by atoms with E-state index in [9.17, 15) is 18.0 Å². The third-order valence-corrected chi connectivity index (χ3v) is 8.57. The topological polar surface area (TPSA) is 109 Å². The highest BCUT2D eigenvalue weighted by Crippen LogP contribution is 2.28. The molecule has 1 aliphatic heterocycles. The van der Waals surface area contributed by atoms with Gasteiger partial charge in [-0.2, -0.15) is 4.31 Å². The molecule has 1 aliphatic rings. The highest BCUT2D eigenvalue weighted by Gasteiger charge is 2.30. The zero-order chi connectivity index (χ0) is 25.9. The molecule has 0 unspecified atom stereocenters. The van der Waals surface area contributed by atoms with Gasteiger partial charge in [0.15, 0.2) is 5.13 Å². The van der Waals surface area contributed by atoms with E-state index < -0.39 is 16.1 Å². The summed E-state index contributed by atoms with van der Waals surface area (Å²) in [6.45, 7) is 6.93. The number of benzene rings is 2. The van der Waals surface area contributed by atoms with Gasteiger partial charge in [-0.15, -0.1) is 11.3 Å². The van der Waals surface area contributed by atoms with Gasteiger partial charge in [-0.05, 0) is 50.6 Å². The number of nitrogens with zero attached hydrogens (tertiary/aromatic N) is 3. The maximum atomic E-state index is 13.0. The Morgan fingerprint density at radius 2 is 1.75 bits per heavy atom. The molecule has 0 spiro atoms. The molecule has 4 rings (SSSR count). The number of hydrogen-bond donors (Lipinski definition) is 1. The van der Waals surface area contributed by atoms with E-state index in [1.807, 2.05) is 31.4 Å². The number of aryl methyl sites for hydroxylation is 2. The Kier molecular flexibility index (Phi) is 7.72. The summed E-state index contributed by atoms with van der Waals surface area (Å²) in [5.74, 6) is -0.372. The van der Waals surface area contributed by atoms with E-state index in [1.54, 1.807) is 6.92 Å². The minimum absolute atomic E-state index is 0.0926. The minimum Gasteiger partial charge on any atom is -0.450 e. The van der Waals surface area contributed by atoms with Gasteiger partial charge >= 0.3 is 6.09 Å². The van der Waals surface area contributed by atoms with Crippen LogP contribution in [0.2, 0.25) is 0 Å². The Morgan fingerprint density at radius 3 is 2.39 bits per heavy atom. The molecule has 2 aromatic carbocycles. The number of anilines is 1. The summed E-state index contributed by atoms with van der Waals surface area (Å²) in [6.07, 6.45) is -0.439. The summed E-state index contributed by atoms with van der Waals surface area (Å²) in [4.78, 5) is 30.7. The minimum atomic E-state index is -3.75. The lowest BCUT2D eigenvalue weighted by Gasteiger charge is -2.33. The number of aromatic nitrogens is 1. The predicted molar refractivity (Wildman–Crippen MR) is 139 cm³/mol. The van der Waals surface area contributed by atoms with Crippen molar-refractivity contribution in [3.05, 3.63) is 64.5 Å². The van der Waals surface area contributed by atoms with Crippen LogP contribution in [0.5, 0.6) is 0 Å². The van der Waals surface area contributed by atoms with Gasteiger partial charge in [0.25, 0.3) is 5.91 Å². The molecule has 36 heavy (non-hydrogen) atoms. The zero-order valence-corrected chi connectivity index (χ0v) is 22.0. The van der Waals surface area contributed by atoms with Crippen molar-refractivity contribution < 1.29 is 22.7 Å². The Hall–Kier alpha value is -3.28. The zero-order valence-electron chi connectivity index (χ0n) is 20.4. The van der Waals surface area contributed by atoms with Crippen molar-refractivity contribution >= 4 is 38.5 Å². The molecule has 11 heteroatoms. The number of nitrogens with one attached hydrogen (secondary N) is 1. The maximum Gasteiger partial charge on any atom is 0.409 e. The average Bonchev–Trinajstić information content (AvgIpc) is 3.32. The van der Waals surface area contributed by atoms with Gasteiger partial charge in [-0.1, -0.05) is 23.8 Å². The van der Waals surface area contributed by atoms with Crippen molar-refractivity contribution in [2.45, 2.75) is 25.7 Å². The first-order chi connectivity index (χ1) is 17.2. The molecule has 9 nitrogen and oxygen atoms in total. The van der Waals surface area contributed by atoms with Crippen molar-refractivity contribution in [2.24, 2.45) is 0 Å². The van der Waals surface area contributed by atoms with Gasteiger partial charge in [0.1, 0.15) is 0 Å². The molecule has 1 aromatic heterocycles. The first-order valence-electron chi connectivity index (χ1n) is 11.6. The fraction of sp³-hybridized carbons (Fsp3) is 0.320. The van der Waals surface area contributed by atoms with Crippen LogP contribution in [0.15, 0.2) is 52.7 Å². The number of ether oxygens (including phenoxy) is 1. The van der Waals surface area contributed by atoms with E-state index in [2.05, 4.69) is 16.4 Å². The van der Waals surface area contributed by atoms with Gasteiger partial charge in [0.05, 0.1) is 17.2 Å². The van der Waals surface area contributed by atoms with Crippen LogP contribution in [-0.2, 0) is 14.8 Å². The molecule has 0 aliphatic carbocycles. The van der Waals surface area contributed by atoms with Crippen molar-refractivity contribution in [2.75, 3.05) is 38.1 Å². The standard InChI is InChI=1S/C25H28N4O5S2/c1-4-34-25(31)28-11-13-29(14-12-28)36(32,33)20-8-6-19(7-9-20)23(30)27-24-26-22(16-35-24)21-10-5-17(2)15-18(21)3/h5-10,15-16H,4,11-14H2,1-3H3,(H,26,27,30). The quantitative estimate of drug-likeness (QED) is 0.515. The largest absolute Gasteiger partial charge is 0.450 e. The van der Waals surface area contributed by atoms with E-state index in [4.69, 9.17) is 4.74 Å². The normalized spacial score (nSPS) is 14.5. The van der Waals surface area contributed by atoms with Gasteiger partial charge in [-0.25, -0.2) is 18.2 Å². The van der Waals surface area contributed by atoms with Crippen LogP contribution in [0.3, 0.4) is 0 Å². The van der Waals surface area contributed by atoms with E-state index >= 15 is 0 Å². The Bertz CT molecular complexity index is 1360. The van der Waals surface area contributed by atoms with E-state index in [0.29, 0.717) is 10.7 Å². The molecule has 2 amide bonds. The van der Waals surface area contributed by atoms with Gasteiger partial charge < -0.3 is 9.64 Å². The third-order valence-electron chi connectivity index (χ3n) is 5.90. The van der Waals surface area contributed by atoms with Crippen LogP contribution in [0, 0.1) is 13.8 Å². The molecule has 0 atom stereocenters. The van der Waals surface area contributed by atoms with Crippen molar-refractivity contribution in [1.82, 2.24) is 14.2 Å². The van der Waals surface area contributed by atoms with Crippen molar-refractivity contribution in [3.8, 4) is 11.3 Å². The molecule has 0 saturated carbocycles. The Labute approximate surface area is 214 Å². The summed E-state index contributed by atoms with van der Waals surface area (Å²) in [5.41, 5.74) is 4.40. The fourth-order valence-electron chi connectivity index (χ4n) is 3.98. The third kappa shape index (κ3) is 5.58. The highest BCUT2D eigenvalue weighted by molar-refractivity contribution is 7.89. The Morgan fingerprint density at radius 1 is 1.06 bits per heavy atom. The number of amides is 2. The van der Waals surface area contributed by atoms with Gasteiger partial charge in [0.2, 0.25) is 10.0 Å². The summed E-state index contributed by atoms with van der Waals surface area (Å²) in [7, 11) is -3.75. The predicted octanol–water partition coefficient (Wildman–Crippen LogP) is 4.14. The number of rotatable bonds is 6. The van der Waals surface area contributed by atoms with Crippen molar-refractivity contribution in [3.63, 3.8) is 0 Å². The molecule has 1 N–H and O–H groups in total. The van der Waals surface area contributed by atoms with Gasteiger partial charge in [0, 0.05) is 42.7 Å². The van der Waals surface area contributed by atoms with Crippen LogP contribution >= 0.6 is 11.3 Å². The molecule has 0 bridgehead atoms. The van der Waals surface area contributed by atoms with Crippen LogP contribution < -0.4 is 5.32 Å². The van der Waals surface area contributed by atoms with E-state index in [-0.39, 0.29) is 43.6 Å². The number of thiazole rings is 1. The molecule has 190 valence electrons. The maximum absolute atomic E-state index is 13.0. The van der Waals surface area contributed by atoms with Gasteiger partial charge in [-0.3, -0.25) is 10.1 Å². The van der Waals surface area contributed by atoms with Crippen LogP contribution in [-0.4, -0.2) is 67.4 Å². The number of sulfonamides is 1. The monoisotopic (exact) mass is 528 g/mol. The molecular formula is C25H28N4O5S2. The van der Waals surface area contributed by atoms with Crippen LogP contribution in [0.1, 0.15) is 28.4 Å². The number of carbonyl (C=O) groups excluding carboxylic acids is 2. The van der Waals surface area contributed by atoms with Crippen LogP contribution in [0.25, 0.3) is 11.3 Å². The number of hydrogen-bond acceptors (Lipinski definition) is 7. The van der Waals surface area contributed by atoms with E-state index in [1.165, 1.54) is 50.4 Å². The summed E-state index contributed by atoms with van der Waals surface area (Å²) in [5, 5.41) is 5.14. The van der Waals surface area contributed by atoms with Crippen LogP contribution in [0.4, 0.5) is 9.93 Å². The summed E-state index contributed by atoms with van der Waals surface area (Å²) >= 11 is 1.33. The molecule has 1 fully saturated rings. The molecule has 2 heterocycles. The number of carbonyl (C=O) groups is 2. The molecule has 3 aromatic rings. The lowest BCUT2D eigenvalue weighted by Crippen LogP contribution is -2.50. The summed E-state index contributed by atoms with van der Waals surface area (Å²) in [6, 6.07) is 11.9. The second kappa shape index (κ2) is 10.8. The summed E-state index contributed by atoms with van der Waals surface area (Å²) < 4.78 is 32.4. The first kappa shape index (κ1) is 25.8. The second-order valence-electron chi connectivity index (χ2n) is 8.42. The number of piperazine rings is 1. The first-order valence-corrected chi connectivity index (χ1v) is 13.9. The highest BCUT2D eigenvalue weighted by atomic mass is 32.2. The molecule has 1 saturated heterocycles. The lowest BCUT2D eigenvalue weighted by molar-refractivity contribution is 0.0933. The van der Waals surface area contributed by atoms with E-state index in [0.717, 1.165) is 16.8 Å². The second-order valence-corrected chi connectivity index (χ2v) is 11.2. The van der Waals surface area contributed by atoms with Crippen molar-refractivity contribution in [1.29, 1.82) is 0 Å². The SMILES string of the molecule is CCOC(=O)N1CCN(S(=O)(=O)c2ccc(C(=O)Nc3nc(-c4ccc(C)cc4C)cs3)cc2)CC1. The molecule has 0 radical (unpaired) electrons. The lowest BCUT2D eigenvalue weighted by atomic mass is 10.0. The molecular weight excluding hydrogens is 500 g/mol.